The van der Waals surface area contributed by atoms with Gasteiger partial charge in [0.25, 0.3) is 5.91 Å². The molecule has 0 unspecified atom stereocenters. The predicted molar refractivity (Wildman–Crippen MR) is 124 cm³/mol. The Bertz CT molecular complexity index is 1140. The molecule has 0 radical (unpaired) electrons. The van der Waals surface area contributed by atoms with Crippen LogP contribution in [0.15, 0.2) is 59.2 Å². The number of hydrogen-bond donors (Lipinski definition) is 1. The van der Waals surface area contributed by atoms with Gasteiger partial charge in [0, 0.05) is 11.7 Å². The van der Waals surface area contributed by atoms with Gasteiger partial charge in [-0.05, 0) is 68.1 Å². The van der Waals surface area contributed by atoms with Gasteiger partial charge in [0.2, 0.25) is 5.91 Å². The Morgan fingerprint density at radius 1 is 1.12 bits per heavy atom. The van der Waals surface area contributed by atoms with Crippen LogP contribution in [0.1, 0.15) is 55.6 Å². The first-order valence-electron chi connectivity index (χ1n) is 11.5. The lowest BCUT2D eigenvalue weighted by Crippen LogP contribution is -2.65. The molecule has 32 heavy (non-hydrogen) atoms. The summed E-state index contributed by atoms with van der Waals surface area (Å²) in [4.78, 5) is 29.3. The monoisotopic (exact) mass is 431 g/mol. The van der Waals surface area contributed by atoms with Crippen LogP contribution < -0.4 is 10.2 Å². The molecule has 3 aromatic rings. The highest BCUT2D eigenvalue weighted by atomic mass is 16.3. The number of carbonyl (C=O) groups is 2. The summed E-state index contributed by atoms with van der Waals surface area (Å²) in [6.45, 7) is 4.32. The summed E-state index contributed by atoms with van der Waals surface area (Å²) in [5, 5.41) is 3.25. The lowest BCUT2D eigenvalue weighted by molar-refractivity contribution is -0.127. The molecule has 1 aliphatic carbocycles. The van der Waals surface area contributed by atoms with E-state index in [4.69, 9.17) is 4.42 Å². The Labute approximate surface area is 188 Å². The maximum Gasteiger partial charge on any atom is 0.275 e. The van der Waals surface area contributed by atoms with Crippen molar-refractivity contribution in [3.05, 3.63) is 66.1 Å². The molecule has 0 saturated heterocycles. The van der Waals surface area contributed by atoms with E-state index in [1.807, 2.05) is 60.0 Å². The number of nitrogens with zero attached hydrogens (tertiary/aromatic N) is 2. The molecule has 1 aromatic carbocycles. The van der Waals surface area contributed by atoms with Crippen LogP contribution in [0.3, 0.4) is 0 Å². The molecule has 2 amide bonds. The van der Waals surface area contributed by atoms with E-state index in [-0.39, 0.29) is 17.9 Å². The molecule has 1 saturated carbocycles. The topological polar surface area (TPSA) is 67.5 Å². The number of anilines is 1. The Balaban J connectivity index is 1.61. The van der Waals surface area contributed by atoms with E-state index in [2.05, 4.69) is 12.2 Å². The Kier molecular flexibility index (Phi) is 5.16. The molecule has 1 fully saturated rings. The van der Waals surface area contributed by atoms with Crippen LogP contribution in [-0.2, 0) is 17.8 Å². The van der Waals surface area contributed by atoms with E-state index in [1.165, 1.54) is 0 Å². The normalized spacial score (nSPS) is 21.1. The summed E-state index contributed by atoms with van der Waals surface area (Å²) in [6, 6.07) is 15.5. The summed E-state index contributed by atoms with van der Waals surface area (Å²) in [5.41, 5.74) is 2.18. The number of rotatable bonds is 5. The Morgan fingerprint density at radius 2 is 1.91 bits per heavy atom. The number of amides is 2. The van der Waals surface area contributed by atoms with Crippen LogP contribution in [0.4, 0.5) is 5.69 Å². The molecular formula is C26H29N3O3. The van der Waals surface area contributed by atoms with E-state index < -0.39 is 5.54 Å². The standard InChI is InChI=1S/C26H29N3O3/c1-3-18-8-6-11-20(16-18)29-24(30)22-14-13-21(23-12-7-15-32-23)28(22)17-26(29,2)25(31)27-19-9-4-5-10-19/h6-8,11-16,19H,3-5,9-10,17H2,1-2H3,(H,27,31)/t26-/m1/s1. The Hall–Kier alpha value is -3.28. The highest BCUT2D eigenvalue weighted by molar-refractivity contribution is 6.12. The molecule has 6 heteroatoms. The third kappa shape index (κ3) is 3.34. The minimum atomic E-state index is -1.07. The molecule has 1 N–H and O–H groups in total. The van der Waals surface area contributed by atoms with Gasteiger partial charge in [0.05, 0.1) is 18.5 Å². The number of furan rings is 1. The third-order valence-electron chi connectivity index (χ3n) is 6.89. The van der Waals surface area contributed by atoms with Crippen molar-refractivity contribution >= 4 is 17.5 Å². The molecule has 1 atom stereocenters. The van der Waals surface area contributed by atoms with Gasteiger partial charge in [-0.2, -0.15) is 0 Å². The molecule has 5 rings (SSSR count). The average molecular weight is 432 g/mol. The molecule has 3 heterocycles. The van der Waals surface area contributed by atoms with E-state index in [1.54, 1.807) is 11.2 Å². The first-order valence-corrected chi connectivity index (χ1v) is 11.5. The average Bonchev–Trinajstić information content (AvgIpc) is 3.55. The van der Waals surface area contributed by atoms with E-state index in [0.29, 0.717) is 18.0 Å². The third-order valence-corrected chi connectivity index (χ3v) is 6.89. The summed E-state index contributed by atoms with van der Waals surface area (Å²) in [6.07, 6.45) is 6.73. The lowest BCUT2D eigenvalue weighted by Gasteiger charge is -2.44. The van der Waals surface area contributed by atoms with Crippen LogP contribution >= 0.6 is 0 Å². The zero-order valence-corrected chi connectivity index (χ0v) is 18.6. The molecule has 2 aliphatic rings. The number of aryl methyl sites for hydroxylation is 1. The van der Waals surface area contributed by atoms with Crippen LogP contribution in [0.2, 0.25) is 0 Å². The molecule has 2 aromatic heterocycles. The summed E-state index contributed by atoms with van der Waals surface area (Å²) >= 11 is 0. The smallest absolute Gasteiger partial charge is 0.275 e. The largest absolute Gasteiger partial charge is 0.463 e. The van der Waals surface area contributed by atoms with Crippen LogP contribution in [-0.4, -0.2) is 28.0 Å². The van der Waals surface area contributed by atoms with Crippen molar-refractivity contribution in [2.45, 2.75) is 64.1 Å². The number of benzene rings is 1. The maximum absolute atomic E-state index is 13.9. The van der Waals surface area contributed by atoms with E-state index in [9.17, 15) is 9.59 Å². The van der Waals surface area contributed by atoms with Crippen LogP contribution in [0.5, 0.6) is 0 Å². The van der Waals surface area contributed by atoms with Gasteiger partial charge in [-0.1, -0.05) is 31.9 Å². The van der Waals surface area contributed by atoms with Gasteiger partial charge in [-0.3, -0.25) is 14.5 Å². The van der Waals surface area contributed by atoms with Crippen molar-refractivity contribution in [1.29, 1.82) is 0 Å². The summed E-state index contributed by atoms with van der Waals surface area (Å²) in [5.74, 6) is 0.403. The second-order valence-corrected chi connectivity index (χ2v) is 9.06. The van der Waals surface area contributed by atoms with Gasteiger partial charge in [0.15, 0.2) is 0 Å². The van der Waals surface area contributed by atoms with Gasteiger partial charge in [-0.15, -0.1) is 0 Å². The number of hydrogen-bond acceptors (Lipinski definition) is 3. The molecule has 0 spiro atoms. The van der Waals surface area contributed by atoms with Crippen molar-refractivity contribution in [2.24, 2.45) is 0 Å². The van der Waals surface area contributed by atoms with Gasteiger partial charge >= 0.3 is 0 Å². The predicted octanol–water partition coefficient (Wildman–Crippen LogP) is 4.79. The summed E-state index contributed by atoms with van der Waals surface area (Å²) in [7, 11) is 0. The minimum absolute atomic E-state index is 0.107. The first-order chi connectivity index (χ1) is 15.5. The quantitative estimate of drug-likeness (QED) is 0.632. The van der Waals surface area contributed by atoms with Gasteiger partial charge < -0.3 is 14.3 Å². The van der Waals surface area contributed by atoms with Crippen molar-refractivity contribution < 1.29 is 14.0 Å². The highest BCUT2D eigenvalue weighted by Gasteiger charge is 2.49. The Morgan fingerprint density at radius 3 is 2.62 bits per heavy atom. The van der Waals surface area contributed by atoms with Crippen molar-refractivity contribution in [3.8, 4) is 11.5 Å². The second kappa shape index (κ2) is 8.01. The summed E-state index contributed by atoms with van der Waals surface area (Å²) < 4.78 is 7.54. The molecule has 0 bridgehead atoms. The van der Waals surface area contributed by atoms with Crippen molar-refractivity contribution in [3.63, 3.8) is 0 Å². The molecule has 1 aliphatic heterocycles. The fourth-order valence-electron chi connectivity index (χ4n) is 5.08. The van der Waals surface area contributed by atoms with Crippen LogP contribution in [0, 0.1) is 0 Å². The zero-order valence-electron chi connectivity index (χ0n) is 18.6. The molecule has 6 nitrogen and oxygen atoms in total. The van der Waals surface area contributed by atoms with E-state index in [0.717, 1.165) is 49.0 Å². The zero-order chi connectivity index (χ0) is 22.3. The SMILES string of the molecule is CCc1cccc(N2C(=O)c3ccc(-c4ccco4)n3C[C@]2(C)C(=O)NC2CCCC2)c1. The maximum atomic E-state index is 13.9. The minimum Gasteiger partial charge on any atom is -0.463 e. The van der Waals surface area contributed by atoms with Crippen molar-refractivity contribution in [1.82, 2.24) is 9.88 Å². The number of fused-ring (bicyclic) bond motifs is 1. The highest BCUT2D eigenvalue weighted by Crippen LogP contribution is 2.37. The van der Waals surface area contributed by atoms with Gasteiger partial charge in [0.1, 0.15) is 17.0 Å². The van der Waals surface area contributed by atoms with Gasteiger partial charge in [-0.25, -0.2) is 0 Å². The van der Waals surface area contributed by atoms with Crippen molar-refractivity contribution in [2.75, 3.05) is 4.90 Å². The molecule has 166 valence electrons. The fraction of sp³-hybridized carbons (Fsp3) is 0.385. The molecular weight excluding hydrogens is 402 g/mol. The number of aromatic nitrogens is 1. The number of nitrogens with one attached hydrogen (secondary N) is 1. The second-order valence-electron chi connectivity index (χ2n) is 9.06. The first kappa shape index (κ1) is 20.6. The van der Waals surface area contributed by atoms with Crippen LogP contribution in [0.25, 0.3) is 11.5 Å². The number of carbonyl (C=O) groups excluding carboxylic acids is 2. The fourth-order valence-corrected chi connectivity index (χ4v) is 5.08. The van der Waals surface area contributed by atoms with E-state index >= 15 is 0 Å². The lowest BCUT2D eigenvalue weighted by atomic mass is 9.92.